The van der Waals surface area contributed by atoms with E-state index in [-0.39, 0.29) is 30.1 Å². The molecule has 222 valence electrons. The fraction of sp³-hybridized carbons (Fsp3) is 0.273. The van der Waals surface area contributed by atoms with E-state index in [1.54, 1.807) is 42.2 Å². The van der Waals surface area contributed by atoms with Crippen molar-refractivity contribution >= 4 is 34.5 Å². The standard InChI is InChI=1S/C33H34N4O6/c1-42-30-15-9-24(19-31(30)43-2)21-35(18-17-25-20-34-29-6-4-3-5-28(25)29)33(39)22-36(26-13-14-26)32(38)16-10-23-7-11-27(12-8-23)37(40)41/h3-12,15-16,19-20,26,34H,13-14,17-18,21-22H2,1-2H3. The lowest BCUT2D eigenvalue weighted by Gasteiger charge is -2.27. The number of ether oxygens (including phenoxy) is 2. The van der Waals surface area contributed by atoms with Crippen molar-refractivity contribution in [3.05, 3.63) is 106 Å². The Bertz CT molecular complexity index is 1640. The van der Waals surface area contributed by atoms with Crippen molar-refractivity contribution < 1.29 is 24.0 Å². The maximum Gasteiger partial charge on any atom is 0.269 e. The highest BCUT2D eigenvalue weighted by atomic mass is 16.6. The number of fused-ring (bicyclic) bond motifs is 1. The number of hydrogen-bond acceptors (Lipinski definition) is 6. The van der Waals surface area contributed by atoms with E-state index >= 15 is 0 Å². The van der Waals surface area contributed by atoms with E-state index in [1.165, 1.54) is 18.2 Å². The van der Waals surface area contributed by atoms with Crippen LogP contribution in [0.25, 0.3) is 17.0 Å². The molecule has 0 bridgehead atoms. The maximum absolute atomic E-state index is 13.9. The number of nitro groups is 1. The fourth-order valence-electron chi connectivity index (χ4n) is 5.07. The quantitative estimate of drug-likeness (QED) is 0.129. The Kier molecular flexibility index (Phi) is 9.05. The van der Waals surface area contributed by atoms with Crippen LogP contribution >= 0.6 is 0 Å². The monoisotopic (exact) mass is 582 g/mol. The van der Waals surface area contributed by atoms with Gasteiger partial charge in [-0.2, -0.15) is 0 Å². The van der Waals surface area contributed by atoms with Crippen LogP contribution in [0, 0.1) is 10.1 Å². The van der Waals surface area contributed by atoms with E-state index in [1.807, 2.05) is 42.6 Å². The predicted molar refractivity (Wildman–Crippen MR) is 164 cm³/mol. The first kappa shape index (κ1) is 29.4. The number of nitro benzene ring substituents is 1. The van der Waals surface area contributed by atoms with Crippen molar-refractivity contribution in [1.29, 1.82) is 0 Å². The van der Waals surface area contributed by atoms with Gasteiger partial charge in [0.2, 0.25) is 11.8 Å². The smallest absolute Gasteiger partial charge is 0.269 e. The van der Waals surface area contributed by atoms with Crippen LogP contribution in [0.4, 0.5) is 5.69 Å². The first-order valence-corrected chi connectivity index (χ1v) is 14.1. The number of para-hydroxylation sites is 1. The molecule has 3 aromatic carbocycles. The molecule has 2 amide bonds. The molecule has 10 nitrogen and oxygen atoms in total. The summed E-state index contributed by atoms with van der Waals surface area (Å²) in [4.78, 5) is 44.3. The zero-order chi connectivity index (χ0) is 30.3. The summed E-state index contributed by atoms with van der Waals surface area (Å²) in [6.07, 6.45) is 7.35. The highest BCUT2D eigenvalue weighted by molar-refractivity contribution is 5.95. The number of amides is 2. The summed E-state index contributed by atoms with van der Waals surface area (Å²) < 4.78 is 10.9. The van der Waals surface area contributed by atoms with Crippen molar-refractivity contribution in [2.24, 2.45) is 0 Å². The second-order valence-electron chi connectivity index (χ2n) is 10.5. The number of aromatic amines is 1. The number of non-ortho nitro benzene ring substituents is 1. The number of aromatic nitrogens is 1. The number of rotatable bonds is 13. The van der Waals surface area contributed by atoms with Crippen LogP contribution in [0.5, 0.6) is 11.5 Å². The number of benzene rings is 3. The SMILES string of the molecule is COc1ccc(CN(CCc2c[nH]c3ccccc23)C(=O)CN(C(=O)C=Cc2ccc([N+](=O)[O-])cc2)C2CC2)cc1OC. The Morgan fingerprint density at radius 3 is 2.47 bits per heavy atom. The highest BCUT2D eigenvalue weighted by Gasteiger charge is 2.34. The van der Waals surface area contributed by atoms with E-state index in [4.69, 9.17) is 9.47 Å². The number of carbonyl (C=O) groups is 2. The van der Waals surface area contributed by atoms with Crippen LogP contribution < -0.4 is 9.47 Å². The minimum absolute atomic E-state index is 0.00880. The Hall–Kier alpha value is -5.12. The molecule has 1 aliphatic carbocycles. The van der Waals surface area contributed by atoms with Crippen molar-refractivity contribution in [3.63, 3.8) is 0 Å². The summed E-state index contributed by atoms with van der Waals surface area (Å²) in [5.41, 5.74) is 3.68. The third kappa shape index (κ3) is 7.21. The van der Waals surface area contributed by atoms with Gasteiger partial charge in [0.25, 0.3) is 5.69 Å². The first-order chi connectivity index (χ1) is 20.9. The van der Waals surface area contributed by atoms with Crippen LogP contribution in [0.1, 0.15) is 29.5 Å². The lowest BCUT2D eigenvalue weighted by Crippen LogP contribution is -2.43. The van der Waals surface area contributed by atoms with E-state index in [0.717, 1.165) is 34.9 Å². The third-order valence-corrected chi connectivity index (χ3v) is 7.60. The van der Waals surface area contributed by atoms with Gasteiger partial charge in [0.05, 0.1) is 19.1 Å². The summed E-state index contributed by atoms with van der Waals surface area (Å²) in [7, 11) is 3.15. The molecule has 0 radical (unpaired) electrons. The van der Waals surface area contributed by atoms with Crippen LogP contribution in [-0.4, -0.2) is 64.9 Å². The Balaban J connectivity index is 1.33. The molecule has 0 atom stereocenters. The van der Waals surface area contributed by atoms with Gasteiger partial charge in [0, 0.05) is 54.4 Å². The minimum atomic E-state index is -0.467. The topological polar surface area (TPSA) is 118 Å². The number of methoxy groups -OCH3 is 2. The van der Waals surface area contributed by atoms with Crippen molar-refractivity contribution in [2.75, 3.05) is 27.3 Å². The van der Waals surface area contributed by atoms with Crippen molar-refractivity contribution in [1.82, 2.24) is 14.8 Å². The molecule has 1 heterocycles. The Labute approximate surface area is 249 Å². The molecular weight excluding hydrogens is 548 g/mol. The Morgan fingerprint density at radius 1 is 1.02 bits per heavy atom. The largest absolute Gasteiger partial charge is 0.493 e. The van der Waals surface area contributed by atoms with Crippen molar-refractivity contribution in [2.45, 2.75) is 31.8 Å². The third-order valence-electron chi connectivity index (χ3n) is 7.60. The molecule has 0 spiro atoms. The van der Waals surface area contributed by atoms with Crippen LogP contribution in [0.15, 0.2) is 79.0 Å². The number of carbonyl (C=O) groups excluding carboxylic acids is 2. The van der Waals surface area contributed by atoms with Crippen LogP contribution in [0.2, 0.25) is 0 Å². The molecule has 1 N–H and O–H groups in total. The molecule has 1 aliphatic rings. The Morgan fingerprint density at radius 2 is 1.77 bits per heavy atom. The molecule has 5 rings (SSSR count). The molecular formula is C33H34N4O6. The van der Waals surface area contributed by atoms with Gasteiger partial charge < -0.3 is 24.3 Å². The van der Waals surface area contributed by atoms with E-state index < -0.39 is 4.92 Å². The molecule has 0 unspecified atom stereocenters. The predicted octanol–water partition coefficient (Wildman–Crippen LogP) is 5.37. The highest BCUT2D eigenvalue weighted by Crippen LogP contribution is 2.30. The summed E-state index contributed by atoms with van der Waals surface area (Å²) in [6.45, 7) is 0.752. The van der Waals surface area contributed by atoms with Gasteiger partial charge in [-0.15, -0.1) is 0 Å². The molecule has 1 saturated carbocycles. The molecule has 4 aromatic rings. The van der Waals surface area contributed by atoms with Crippen LogP contribution in [0.3, 0.4) is 0 Å². The van der Waals surface area contributed by atoms with E-state index in [0.29, 0.717) is 36.6 Å². The second-order valence-corrected chi connectivity index (χ2v) is 10.5. The summed E-state index contributed by atoms with van der Waals surface area (Å²) >= 11 is 0. The first-order valence-electron chi connectivity index (χ1n) is 14.1. The average Bonchev–Trinajstić information content (AvgIpc) is 3.79. The summed E-state index contributed by atoms with van der Waals surface area (Å²) in [5, 5.41) is 12.0. The van der Waals surface area contributed by atoms with Gasteiger partial charge in [-0.1, -0.05) is 24.3 Å². The van der Waals surface area contributed by atoms with E-state index in [9.17, 15) is 19.7 Å². The minimum Gasteiger partial charge on any atom is -0.493 e. The summed E-state index contributed by atoms with van der Waals surface area (Å²) in [6, 6.07) is 19.6. The normalized spacial score (nSPS) is 12.8. The number of nitrogens with zero attached hydrogens (tertiary/aromatic N) is 3. The molecule has 1 aromatic heterocycles. The molecule has 1 fully saturated rings. The van der Waals surface area contributed by atoms with Gasteiger partial charge in [-0.3, -0.25) is 19.7 Å². The summed E-state index contributed by atoms with van der Waals surface area (Å²) in [5.74, 6) is 0.763. The van der Waals surface area contributed by atoms with Gasteiger partial charge >= 0.3 is 0 Å². The second kappa shape index (κ2) is 13.2. The zero-order valence-corrected chi connectivity index (χ0v) is 24.2. The molecule has 0 saturated heterocycles. The van der Waals surface area contributed by atoms with Crippen LogP contribution in [-0.2, 0) is 22.6 Å². The lowest BCUT2D eigenvalue weighted by molar-refractivity contribution is -0.384. The lowest BCUT2D eigenvalue weighted by atomic mass is 10.1. The number of hydrogen-bond donors (Lipinski definition) is 1. The molecule has 43 heavy (non-hydrogen) atoms. The van der Waals surface area contributed by atoms with Crippen molar-refractivity contribution in [3.8, 4) is 11.5 Å². The van der Waals surface area contributed by atoms with E-state index in [2.05, 4.69) is 11.1 Å². The zero-order valence-electron chi connectivity index (χ0n) is 24.2. The molecule has 0 aliphatic heterocycles. The number of nitrogens with one attached hydrogen (secondary N) is 1. The average molecular weight is 583 g/mol. The molecule has 10 heteroatoms. The van der Waals surface area contributed by atoms with Gasteiger partial charge in [-0.25, -0.2) is 0 Å². The van der Waals surface area contributed by atoms with Gasteiger partial charge in [-0.05, 0) is 72.4 Å². The fourth-order valence-corrected chi connectivity index (χ4v) is 5.07. The maximum atomic E-state index is 13.9. The van der Waals surface area contributed by atoms with Gasteiger partial charge in [0.1, 0.15) is 6.54 Å². The number of H-pyrrole nitrogens is 1. The van der Waals surface area contributed by atoms with Gasteiger partial charge in [0.15, 0.2) is 11.5 Å².